The Morgan fingerprint density at radius 3 is 2.54 bits per heavy atom. The summed E-state index contributed by atoms with van der Waals surface area (Å²) >= 11 is 0. The molecule has 0 unspecified atom stereocenters. The third-order valence-electron chi connectivity index (χ3n) is 5.17. The van der Waals surface area contributed by atoms with Crippen molar-refractivity contribution in [3.8, 4) is 0 Å². The van der Waals surface area contributed by atoms with Crippen molar-refractivity contribution >= 4 is 17.4 Å². The third kappa shape index (κ3) is 2.83. The van der Waals surface area contributed by atoms with Crippen LogP contribution in [0.25, 0.3) is 5.78 Å². The molecule has 0 spiro atoms. The molecule has 134 valence electrons. The van der Waals surface area contributed by atoms with Gasteiger partial charge in [0.1, 0.15) is 18.0 Å². The summed E-state index contributed by atoms with van der Waals surface area (Å²) < 4.78 is 14.8. The molecule has 1 fully saturated rings. The predicted octanol–water partition coefficient (Wildman–Crippen LogP) is 2.98. The molecular weight excluding hydrogens is 333 g/mol. The molecule has 26 heavy (non-hydrogen) atoms. The van der Waals surface area contributed by atoms with Crippen molar-refractivity contribution < 1.29 is 9.18 Å². The monoisotopic (exact) mass is 353 g/mol. The molecule has 0 bridgehead atoms. The summed E-state index contributed by atoms with van der Waals surface area (Å²) in [7, 11) is 0. The quantitative estimate of drug-likeness (QED) is 0.678. The minimum Gasteiger partial charge on any atom is -0.356 e. The lowest BCUT2D eigenvalue weighted by atomic mass is 9.89. The number of halogens is 1. The molecule has 2 aromatic heterocycles. The zero-order valence-corrected chi connectivity index (χ0v) is 14.8. The van der Waals surface area contributed by atoms with Gasteiger partial charge in [-0.15, -0.1) is 0 Å². The first-order valence-corrected chi connectivity index (χ1v) is 8.76. The van der Waals surface area contributed by atoms with Gasteiger partial charge in [0.2, 0.25) is 0 Å². The van der Waals surface area contributed by atoms with E-state index in [0.717, 1.165) is 43.0 Å². The highest BCUT2D eigenvalue weighted by Crippen LogP contribution is 2.29. The SMILES string of the molecule is Cc1nc2ncnn2c(N2CCC(C(=O)c3ccc(F)cc3)CC2)c1C. The van der Waals surface area contributed by atoms with Gasteiger partial charge in [-0.1, -0.05) is 0 Å². The van der Waals surface area contributed by atoms with Crippen LogP contribution in [0, 0.1) is 25.6 Å². The molecule has 3 heterocycles. The van der Waals surface area contributed by atoms with E-state index in [4.69, 9.17) is 0 Å². The first-order chi connectivity index (χ1) is 12.5. The average molecular weight is 353 g/mol. The van der Waals surface area contributed by atoms with Crippen molar-refractivity contribution in [1.82, 2.24) is 19.6 Å². The number of aromatic nitrogens is 4. The summed E-state index contributed by atoms with van der Waals surface area (Å²) in [6.45, 7) is 5.53. The van der Waals surface area contributed by atoms with Crippen molar-refractivity contribution in [3.63, 3.8) is 0 Å². The van der Waals surface area contributed by atoms with Gasteiger partial charge >= 0.3 is 0 Å². The van der Waals surface area contributed by atoms with Crippen LogP contribution < -0.4 is 4.90 Å². The lowest BCUT2D eigenvalue weighted by Crippen LogP contribution is -2.38. The Morgan fingerprint density at radius 2 is 1.85 bits per heavy atom. The number of hydrogen-bond acceptors (Lipinski definition) is 5. The van der Waals surface area contributed by atoms with E-state index in [9.17, 15) is 9.18 Å². The number of rotatable bonds is 3. The number of nitrogens with zero attached hydrogens (tertiary/aromatic N) is 5. The highest BCUT2D eigenvalue weighted by molar-refractivity contribution is 5.98. The Kier molecular flexibility index (Phi) is 4.14. The molecule has 0 aliphatic carbocycles. The molecule has 1 aliphatic heterocycles. The number of carbonyl (C=O) groups excluding carboxylic acids is 1. The van der Waals surface area contributed by atoms with Crippen LogP contribution in [0.15, 0.2) is 30.6 Å². The minimum atomic E-state index is -0.322. The van der Waals surface area contributed by atoms with E-state index in [1.807, 2.05) is 13.8 Å². The fourth-order valence-corrected chi connectivity index (χ4v) is 3.59. The van der Waals surface area contributed by atoms with Gasteiger partial charge in [0.05, 0.1) is 0 Å². The number of carbonyl (C=O) groups is 1. The van der Waals surface area contributed by atoms with Crippen molar-refractivity contribution in [2.75, 3.05) is 18.0 Å². The van der Waals surface area contributed by atoms with E-state index in [1.54, 1.807) is 16.6 Å². The van der Waals surface area contributed by atoms with Crippen molar-refractivity contribution in [2.24, 2.45) is 5.92 Å². The van der Waals surface area contributed by atoms with Crippen LogP contribution in [0.4, 0.5) is 10.2 Å². The number of piperidine rings is 1. The second kappa shape index (κ2) is 6.48. The molecule has 0 atom stereocenters. The summed E-state index contributed by atoms with van der Waals surface area (Å²) in [6.07, 6.45) is 3.02. The maximum absolute atomic E-state index is 13.1. The largest absolute Gasteiger partial charge is 0.356 e. The van der Waals surface area contributed by atoms with Gasteiger partial charge in [-0.2, -0.15) is 14.6 Å². The molecule has 1 aliphatic rings. The summed E-state index contributed by atoms with van der Waals surface area (Å²) in [5.74, 6) is 1.33. The van der Waals surface area contributed by atoms with Crippen LogP contribution in [-0.2, 0) is 0 Å². The van der Waals surface area contributed by atoms with Gasteiger partial charge in [-0.25, -0.2) is 9.37 Å². The average Bonchev–Trinajstić information content (AvgIpc) is 3.11. The van der Waals surface area contributed by atoms with Gasteiger partial charge < -0.3 is 4.90 Å². The lowest BCUT2D eigenvalue weighted by molar-refractivity contribution is 0.0900. The number of hydrogen-bond donors (Lipinski definition) is 0. The lowest BCUT2D eigenvalue weighted by Gasteiger charge is -2.34. The molecule has 4 rings (SSSR count). The Bertz CT molecular complexity index is 958. The summed E-state index contributed by atoms with van der Waals surface area (Å²) in [5, 5.41) is 4.30. The van der Waals surface area contributed by atoms with E-state index in [2.05, 4.69) is 20.0 Å². The zero-order valence-electron chi connectivity index (χ0n) is 14.8. The maximum Gasteiger partial charge on any atom is 0.254 e. The van der Waals surface area contributed by atoms with Gasteiger partial charge in [-0.3, -0.25) is 4.79 Å². The Balaban J connectivity index is 1.54. The van der Waals surface area contributed by atoms with E-state index >= 15 is 0 Å². The molecule has 3 aromatic rings. The second-order valence-electron chi connectivity index (χ2n) is 6.75. The second-order valence-corrected chi connectivity index (χ2v) is 6.75. The molecule has 6 nitrogen and oxygen atoms in total. The molecule has 0 N–H and O–H groups in total. The fraction of sp³-hybridized carbons (Fsp3) is 0.368. The van der Waals surface area contributed by atoms with Crippen LogP contribution >= 0.6 is 0 Å². The fourth-order valence-electron chi connectivity index (χ4n) is 3.59. The Hall–Kier alpha value is -2.83. The zero-order chi connectivity index (χ0) is 18.3. The molecule has 7 heteroatoms. The van der Waals surface area contributed by atoms with E-state index < -0.39 is 0 Å². The van der Waals surface area contributed by atoms with Crippen molar-refractivity contribution in [3.05, 3.63) is 53.2 Å². The minimum absolute atomic E-state index is 0.0359. The summed E-state index contributed by atoms with van der Waals surface area (Å²) in [5.41, 5.74) is 2.59. The molecule has 1 saturated heterocycles. The number of Topliss-reactive ketones (excluding diaryl/α,β-unsaturated/α-hetero) is 1. The Labute approximate surface area is 150 Å². The van der Waals surface area contributed by atoms with Crippen LogP contribution in [-0.4, -0.2) is 38.5 Å². The number of aryl methyl sites for hydroxylation is 1. The van der Waals surface area contributed by atoms with Crippen LogP contribution in [0.5, 0.6) is 0 Å². The van der Waals surface area contributed by atoms with Gasteiger partial charge in [0.25, 0.3) is 5.78 Å². The number of fused-ring (bicyclic) bond motifs is 1. The number of anilines is 1. The smallest absolute Gasteiger partial charge is 0.254 e. The normalized spacial score (nSPS) is 15.6. The van der Waals surface area contributed by atoms with Gasteiger partial charge in [0, 0.05) is 35.8 Å². The first kappa shape index (κ1) is 16.6. The predicted molar refractivity (Wildman–Crippen MR) is 95.9 cm³/mol. The van der Waals surface area contributed by atoms with Crippen LogP contribution in [0.1, 0.15) is 34.5 Å². The number of ketones is 1. The van der Waals surface area contributed by atoms with E-state index in [1.165, 1.54) is 18.5 Å². The molecule has 0 saturated carbocycles. The van der Waals surface area contributed by atoms with E-state index in [-0.39, 0.29) is 17.5 Å². The van der Waals surface area contributed by atoms with Gasteiger partial charge in [0.15, 0.2) is 5.78 Å². The molecule has 0 amide bonds. The highest BCUT2D eigenvalue weighted by Gasteiger charge is 2.28. The highest BCUT2D eigenvalue weighted by atomic mass is 19.1. The first-order valence-electron chi connectivity index (χ1n) is 8.76. The van der Waals surface area contributed by atoms with E-state index in [0.29, 0.717) is 11.3 Å². The summed E-state index contributed by atoms with van der Waals surface area (Å²) in [4.78, 5) is 23.6. The summed E-state index contributed by atoms with van der Waals surface area (Å²) in [6, 6.07) is 5.82. The van der Waals surface area contributed by atoms with Crippen molar-refractivity contribution in [2.45, 2.75) is 26.7 Å². The topological polar surface area (TPSA) is 63.4 Å². The molecule has 0 radical (unpaired) electrons. The molecule has 1 aromatic carbocycles. The Morgan fingerprint density at radius 1 is 1.15 bits per heavy atom. The number of benzene rings is 1. The maximum atomic E-state index is 13.1. The standard InChI is InChI=1S/C19H20FN5O/c1-12-13(2)23-19-21-11-22-25(19)18(12)24-9-7-15(8-10-24)17(26)14-3-5-16(20)6-4-14/h3-6,11,15H,7-10H2,1-2H3. The van der Waals surface area contributed by atoms with Gasteiger partial charge in [-0.05, 0) is 51.0 Å². The van der Waals surface area contributed by atoms with Crippen LogP contribution in [0.3, 0.4) is 0 Å². The van der Waals surface area contributed by atoms with Crippen molar-refractivity contribution in [1.29, 1.82) is 0 Å². The van der Waals surface area contributed by atoms with Crippen LogP contribution in [0.2, 0.25) is 0 Å². The molecular formula is C19H20FN5O. The third-order valence-corrected chi connectivity index (χ3v) is 5.17.